The standard InChI is InChI=1S/C63H125N2O6P/c1-6-8-10-12-14-16-18-20-22-24-26-28-29-30-31-32-33-34-35-36-37-39-41-43-45-47-49-51-53-55-57-63(67)64-61(60-71-72(68,69)70-59-58-65(3,4)5)62(66)56-54-52-50-48-46-44-42-40-38-27-25-23-21-19-17-15-13-11-9-7-2/h30-31,54,56,61-62,66H,6-29,32-53,55,57-60H2,1-5H3,(H-,64,67,68,69)/p+1/b31-30-,56-54+. The van der Waals surface area contributed by atoms with Gasteiger partial charge in [-0.15, -0.1) is 0 Å². The summed E-state index contributed by atoms with van der Waals surface area (Å²) in [7, 11) is 1.59. The summed E-state index contributed by atoms with van der Waals surface area (Å²) < 4.78 is 23.8. The van der Waals surface area contributed by atoms with Crippen LogP contribution in [0.2, 0.25) is 0 Å². The van der Waals surface area contributed by atoms with Crippen LogP contribution in [0.5, 0.6) is 0 Å². The maximum absolute atomic E-state index is 13.0. The summed E-state index contributed by atoms with van der Waals surface area (Å²) in [6.45, 7) is 4.87. The molecule has 0 aliphatic carbocycles. The lowest BCUT2D eigenvalue weighted by Gasteiger charge is -2.25. The van der Waals surface area contributed by atoms with E-state index in [4.69, 9.17) is 9.05 Å². The number of aliphatic hydroxyl groups excluding tert-OH is 1. The number of nitrogens with one attached hydrogen (secondary N) is 1. The average Bonchev–Trinajstić information content (AvgIpc) is 3.34. The van der Waals surface area contributed by atoms with Crippen molar-refractivity contribution in [3.8, 4) is 0 Å². The minimum atomic E-state index is -4.35. The fraction of sp³-hybridized carbons (Fsp3) is 0.921. The molecule has 0 saturated heterocycles. The molecule has 3 atom stereocenters. The molecular weight excluding hydrogens is 912 g/mol. The van der Waals surface area contributed by atoms with Crippen molar-refractivity contribution in [3.63, 3.8) is 0 Å². The lowest BCUT2D eigenvalue weighted by atomic mass is 10.0. The van der Waals surface area contributed by atoms with Gasteiger partial charge < -0.3 is 19.8 Å². The van der Waals surface area contributed by atoms with Gasteiger partial charge in [0.2, 0.25) is 5.91 Å². The number of quaternary nitrogens is 1. The summed E-state index contributed by atoms with van der Waals surface area (Å²) in [4.78, 5) is 23.4. The fourth-order valence-electron chi connectivity index (χ4n) is 9.69. The van der Waals surface area contributed by atoms with Gasteiger partial charge in [0.15, 0.2) is 0 Å². The number of hydrogen-bond acceptors (Lipinski definition) is 5. The van der Waals surface area contributed by atoms with E-state index in [0.29, 0.717) is 17.4 Å². The molecule has 0 aliphatic rings. The molecule has 0 fully saturated rings. The molecule has 0 heterocycles. The van der Waals surface area contributed by atoms with Gasteiger partial charge in [0.1, 0.15) is 13.2 Å². The third-order valence-corrected chi connectivity index (χ3v) is 15.6. The first-order valence-electron chi connectivity index (χ1n) is 31.7. The number of aliphatic hydroxyl groups is 1. The molecule has 1 amide bonds. The van der Waals surface area contributed by atoms with Gasteiger partial charge in [0.25, 0.3) is 0 Å². The third-order valence-electron chi connectivity index (χ3n) is 14.7. The van der Waals surface area contributed by atoms with Crippen LogP contribution in [0.25, 0.3) is 0 Å². The average molecular weight is 1040 g/mol. The van der Waals surface area contributed by atoms with E-state index < -0.39 is 20.0 Å². The van der Waals surface area contributed by atoms with Crippen LogP contribution in [0.3, 0.4) is 0 Å². The second-order valence-electron chi connectivity index (χ2n) is 23.1. The molecule has 0 spiro atoms. The maximum Gasteiger partial charge on any atom is 0.472 e. The van der Waals surface area contributed by atoms with E-state index in [9.17, 15) is 19.4 Å². The number of phosphoric acid groups is 1. The van der Waals surface area contributed by atoms with Gasteiger partial charge >= 0.3 is 7.82 Å². The van der Waals surface area contributed by atoms with Crippen LogP contribution in [0, 0.1) is 0 Å². The lowest BCUT2D eigenvalue weighted by Crippen LogP contribution is -2.45. The second kappa shape index (κ2) is 54.8. The van der Waals surface area contributed by atoms with E-state index >= 15 is 0 Å². The van der Waals surface area contributed by atoms with Crippen molar-refractivity contribution in [3.05, 3.63) is 24.3 Å². The predicted octanol–water partition coefficient (Wildman–Crippen LogP) is 19.5. The summed E-state index contributed by atoms with van der Waals surface area (Å²) in [6.07, 6.45) is 70.1. The van der Waals surface area contributed by atoms with Crippen LogP contribution < -0.4 is 5.32 Å². The van der Waals surface area contributed by atoms with Crippen molar-refractivity contribution in [2.75, 3.05) is 40.9 Å². The van der Waals surface area contributed by atoms with Crippen molar-refractivity contribution in [1.82, 2.24) is 5.32 Å². The number of allylic oxidation sites excluding steroid dienone is 3. The minimum Gasteiger partial charge on any atom is -0.387 e. The first-order chi connectivity index (χ1) is 35.0. The molecule has 9 heteroatoms. The van der Waals surface area contributed by atoms with Crippen LogP contribution in [0.4, 0.5) is 0 Å². The monoisotopic (exact) mass is 1040 g/mol. The number of likely N-dealkylation sites (N-methyl/N-ethyl adjacent to an activating group) is 1. The van der Waals surface area contributed by atoms with E-state index in [1.54, 1.807) is 6.08 Å². The fourth-order valence-corrected chi connectivity index (χ4v) is 10.4. The first kappa shape index (κ1) is 71.0. The second-order valence-corrected chi connectivity index (χ2v) is 24.6. The molecule has 0 rings (SSSR count). The van der Waals surface area contributed by atoms with Crippen LogP contribution >= 0.6 is 7.82 Å². The van der Waals surface area contributed by atoms with Crippen molar-refractivity contribution in [1.29, 1.82) is 0 Å². The number of rotatable bonds is 59. The normalized spacial score (nSPS) is 13.9. The Hall–Kier alpha value is -1.02. The molecule has 428 valence electrons. The van der Waals surface area contributed by atoms with Gasteiger partial charge in [-0.05, 0) is 44.9 Å². The number of carbonyl (C=O) groups excluding carboxylic acids is 1. The third kappa shape index (κ3) is 56.7. The molecule has 0 aliphatic heterocycles. The maximum atomic E-state index is 13.0. The zero-order valence-corrected chi connectivity index (χ0v) is 49.8. The molecule has 0 aromatic heterocycles. The Morgan fingerprint density at radius 3 is 1.07 bits per heavy atom. The summed E-state index contributed by atoms with van der Waals surface area (Å²) in [5.74, 6) is -0.171. The quantitative estimate of drug-likeness (QED) is 0.0243. The Labute approximate surface area is 449 Å². The van der Waals surface area contributed by atoms with Crippen LogP contribution in [-0.4, -0.2) is 73.4 Å². The molecular formula is C63H126N2O6P+. The Bertz CT molecular complexity index is 1220. The number of phosphoric ester groups is 1. The van der Waals surface area contributed by atoms with E-state index in [0.717, 1.165) is 32.1 Å². The summed E-state index contributed by atoms with van der Waals surface area (Å²) in [5.41, 5.74) is 0. The SMILES string of the molecule is CCCCCCCCCCCCCC/C=C\CCCCCCCCCCCCCCCCC(=O)NC(COP(=O)(O)OCC[N+](C)(C)C)C(O)/C=C/CCCCCCCCCCCCCCCCCCCC. The molecule has 0 radical (unpaired) electrons. The molecule has 0 bridgehead atoms. The Morgan fingerprint density at radius 1 is 0.458 bits per heavy atom. The van der Waals surface area contributed by atoms with Crippen LogP contribution in [0.1, 0.15) is 322 Å². The molecule has 3 unspecified atom stereocenters. The summed E-state index contributed by atoms with van der Waals surface area (Å²) in [5, 5.41) is 14.0. The molecule has 0 aromatic rings. The van der Waals surface area contributed by atoms with Crippen molar-refractivity contribution in [2.24, 2.45) is 0 Å². The smallest absolute Gasteiger partial charge is 0.387 e. The zero-order chi connectivity index (χ0) is 52.7. The van der Waals surface area contributed by atoms with Gasteiger partial charge in [0.05, 0.1) is 39.9 Å². The van der Waals surface area contributed by atoms with E-state index in [1.165, 1.54) is 270 Å². The van der Waals surface area contributed by atoms with Gasteiger partial charge in [0, 0.05) is 6.42 Å². The lowest BCUT2D eigenvalue weighted by molar-refractivity contribution is -0.870. The van der Waals surface area contributed by atoms with E-state index in [2.05, 4.69) is 31.3 Å². The molecule has 8 nitrogen and oxygen atoms in total. The predicted molar refractivity (Wildman–Crippen MR) is 314 cm³/mol. The summed E-state index contributed by atoms with van der Waals surface area (Å²) >= 11 is 0. The topological polar surface area (TPSA) is 105 Å². The van der Waals surface area contributed by atoms with E-state index in [1.807, 2.05) is 27.2 Å². The highest BCUT2D eigenvalue weighted by atomic mass is 31.2. The Morgan fingerprint density at radius 2 is 0.750 bits per heavy atom. The first-order valence-corrected chi connectivity index (χ1v) is 33.2. The van der Waals surface area contributed by atoms with Crippen molar-refractivity contribution < 1.29 is 32.9 Å². The van der Waals surface area contributed by atoms with Gasteiger partial charge in [-0.1, -0.05) is 295 Å². The van der Waals surface area contributed by atoms with Crippen LogP contribution in [-0.2, 0) is 18.4 Å². The Balaban J connectivity index is 4.08. The zero-order valence-electron chi connectivity index (χ0n) is 48.9. The highest BCUT2D eigenvalue weighted by Gasteiger charge is 2.28. The molecule has 0 aromatic carbocycles. The van der Waals surface area contributed by atoms with E-state index in [-0.39, 0.29) is 19.1 Å². The highest BCUT2D eigenvalue weighted by molar-refractivity contribution is 7.47. The van der Waals surface area contributed by atoms with Crippen molar-refractivity contribution in [2.45, 2.75) is 334 Å². The minimum absolute atomic E-state index is 0.0638. The van der Waals surface area contributed by atoms with Gasteiger partial charge in [-0.25, -0.2) is 4.57 Å². The Kier molecular flexibility index (Phi) is 54.0. The molecule has 72 heavy (non-hydrogen) atoms. The van der Waals surface area contributed by atoms with Crippen LogP contribution in [0.15, 0.2) is 24.3 Å². The summed E-state index contributed by atoms with van der Waals surface area (Å²) in [6, 6.07) is -0.845. The molecule has 0 saturated carbocycles. The highest BCUT2D eigenvalue weighted by Crippen LogP contribution is 2.43. The number of amides is 1. The van der Waals surface area contributed by atoms with Gasteiger partial charge in [-0.2, -0.15) is 0 Å². The number of unbranched alkanes of at least 4 members (excludes halogenated alkanes) is 44. The number of nitrogens with zero attached hydrogens (tertiary/aromatic N) is 1. The largest absolute Gasteiger partial charge is 0.472 e. The number of hydrogen-bond donors (Lipinski definition) is 3. The van der Waals surface area contributed by atoms with Gasteiger partial charge in [-0.3, -0.25) is 13.8 Å². The van der Waals surface area contributed by atoms with Crippen molar-refractivity contribution >= 4 is 13.7 Å². The number of carbonyl (C=O) groups is 1. The molecule has 3 N–H and O–H groups in total.